The molecular weight excluding hydrogens is 288 g/mol. The molecule has 0 N–H and O–H groups in total. The van der Waals surface area contributed by atoms with Crippen LogP contribution < -0.4 is 0 Å². The van der Waals surface area contributed by atoms with Crippen molar-refractivity contribution in [3.05, 3.63) is 16.4 Å². The lowest BCUT2D eigenvalue weighted by Gasteiger charge is -2.30. The Hall–Kier alpha value is -0.870. The number of hydrogen-bond acceptors (Lipinski definition) is 3. The molecule has 1 heterocycles. The van der Waals surface area contributed by atoms with Crippen LogP contribution in [0.4, 0.5) is 0 Å². The number of carbonyl (C=O) groups excluding carboxylic acids is 1. The van der Waals surface area contributed by atoms with Crippen molar-refractivity contribution in [2.45, 2.75) is 72.4 Å². The highest BCUT2D eigenvalue weighted by Crippen LogP contribution is 2.27. The van der Waals surface area contributed by atoms with Crippen LogP contribution in [0.3, 0.4) is 0 Å². The lowest BCUT2D eigenvalue weighted by atomic mass is 9.89. The topological polar surface area (TPSA) is 44.1 Å². The number of rotatable bonds is 9. The van der Waals surface area contributed by atoms with Gasteiger partial charge in [-0.2, -0.15) is 5.10 Å². The van der Waals surface area contributed by atoms with Gasteiger partial charge in [0.05, 0.1) is 22.8 Å². The highest BCUT2D eigenvalue weighted by molar-refractivity contribution is 6.32. The van der Waals surface area contributed by atoms with Gasteiger partial charge in [0.15, 0.2) is 5.78 Å². The zero-order valence-corrected chi connectivity index (χ0v) is 14.6. The monoisotopic (exact) mass is 314 g/mol. The fraction of sp³-hybridized carbons (Fsp3) is 0.750. The maximum atomic E-state index is 12.8. The fourth-order valence-corrected chi connectivity index (χ4v) is 3.04. The second-order valence-electron chi connectivity index (χ2n) is 5.11. The Morgan fingerprint density at radius 1 is 1.24 bits per heavy atom. The zero-order valence-electron chi connectivity index (χ0n) is 13.8. The minimum absolute atomic E-state index is 0.0912. The van der Waals surface area contributed by atoms with E-state index in [-0.39, 0.29) is 12.2 Å². The number of nitrogens with zero attached hydrogens (tertiary/aromatic N) is 2. The highest BCUT2D eigenvalue weighted by atomic mass is 35.5. The van der Waals surface area contributed by atoms with Crippen LogP contribution in [0, 0.1) is 0 Å². The van der Waals surface area contributed by atoms with Crippen molar-refractivity contribution in [1.82, 2.24) is 9.78 Å². The van der Waals surface area contributed by atoms with E-state index in [0.29, 0.717) is 31.0 Å². The molecule has 0 atom stereocenters. The largest absolute Gasteiger partial charge is 0.368 e. The molecule has 0 aliphatic heterocycles. The fourth-order valence-electron chi connectivity index (χ4n) is 2.70. The second-order valence-corrected chi connectivity index (χ2v) is 5.49. The molecule has 0 radical (unpaired) electrons. The Morgan fingerprint density at radius 3 is 2.29 bits per heavy atom. The van der Waals surface area contributed by atoms with Crippen LogP contribution in [0.25, 0.3) is 0 Å². The number of ether oxygens (including phenoxy) is 1. The number of Topliss-reactive ketones (excluding diaryl/α,β-unsaturated/α-hetero) is 1. The molecule has 0 spiro atoms. The summed E-state index contributed by atoms with van der Waals surface area (Å²) in [5.74, 6) is 0.0912. The normalized spacial score (nSPS) is 11.9. The van der Waals surface area contributed by atoms with Crippen molar-refractivity contribution in [3.8, 4) is 0 Å². The lowest BCUT2D eigenvalue weighted by molar-refractivity contribution is -0.144. The summed E-state index contributed by atoms with van der Waals surface area (Å²) in [5, 5.41) is 5.10. The minimum atomic E-state index is -0.701. The lowest BCUT2D eigenvalue weighted by Crippen LogP contribution is -2.42. The predicted octanol–water partition coefficient (Wildman–Crippen LogP) is 3.83. The van der Waals surface area contributed by atoms with E-state index < -0.39 is 5.60 Å². The smallest absolute Gasteiger partial charge is 0.170 e. The molecule has 0 aliphatic carbocycles. The number of aryl methyl sites for hydroxylation is 2. The van der Waals surface area contributed by atoms with Crippen molar-refractivity contribution in [2.75, 3.05) is 6.61 Å². The van der Waals surface area contributed by atoms with Crippen LogP contribution in [0.1, 0.15) is 58.8 Å². The van der Waals surface area contributed by atoms with Gasteiger partial charge in [0, 0.05) is 13.2 Å². The summed E-state index contributed by atoms with van der Waals surface area (Å²) < 4.78 is 7.62. The van der Waals surface area contributed by atoms with Crippen molar-refractivity contribution < 1.29 is 9.53 Å². The maximum absolute atomic E-state index is 12.8. The third kappa shape index (κ3) is 3.67. The average Bonchev–Trinajstić information content (AvgIpc) is 2.80. The van der Waals surface area contributed by atoms with Gasteiger partial charge in [-0.05, 0) is 33.1 Å². The molecule has 21 heavy (non-hydrogen) atoms. The van der Waals surface area contributed by atoms with E-state index in [1.807, 2.05) is 39.3 Å². The molecule has 120 valence electrons. The quantitative estimate of drug-likeness (QED) is 0.696. The Balaban J connectivity index is 3.09. The van der Waals surface area contributed by atoms with E-state index in [0.717, 1.165) is 17.8 Å². The van der Waals surface area contributed by atoms with Gasteiger partial charge in [0.2, 0.25) is 0 Å². The summed E-state index contributed by atoms with van der Waals surface area (Å²) in [5.41, 5.74) is 0.969. The van der Waals surface area contributed by atoms with Crippen molar-refractivity contribution in [3.63, 3.8) is 0 Å². The molecular formula is C16H27ClN2O2. The van der Waals surface area contributed by atoms with Gasteiger partial charge in [-0.15, -0.1) is 0 Å². The van der Waals surface area contributed by atoms with Gasteiger partial charge in [-0.3, -0.25) is 9.48 Å². The standard InChI is InChI=1S/C16H27ClN2O2/c1-6-12-15(17)13(19(9-4)18-12)11-14(20)16(7-2,8-3)21-10-5/h6-11H2,1-5H3. The number of aromatic nitrogens is 2. The number of halogens is 1. The van der Waals surface area contributed by atoms with E-state index >= 15 is 0 Å². The van der Waals surface area contributed by atoms with Crippen LogP contribution in [-0.4, -0.2) is 27.8 Å². The molecule has 0 saturated heterocycles. The molecule has 1 aromatic rings. The number of ketones is 1. The third-order valence-corrected chi connectivity index (χ3v) is 4.53. The first-order chi connectivity index (χ1) is 9.99. The molecule has 0 saturated carbocycles. The van der Waals surface area contributed by atoms with Crippen LogP contribution >= 0.6 is 11.6 Å². The number of carbonyl (C=O) groups is 1. The van der Waals surface area contributed by atoms with Gasteiger partial charge in [-0.1, -0.05) is 32.4 Å². The molecule has 0 fully saturated rings. The molecule has 5 heteroatoms. The van der Waals surface area contributed by atoms with Crippen molar-refractivity contribution in [1.29, 1.82) is 0 Å². The zero-order chi connectivity index (χ0) is 16.0. The summed E-state index contributed by atoms with van der Waals surface area (Å²) in [4.78, 5) is 12.8. The molecule has 0 amide bonds. The molecule has 0 aliphatic rings. The van der Waals surface area contributed by atoms with E-state index in [2.05, 4.69) is 5.10 Å². The Kier molecular flexibility index (Phi) is 6.88. The summed E-state index contributed by atoms with van der Waals surface area (Å²) in [6, 6.07) is 0. The predicted molar refractivity (Wildman–Crippen MR) is 85.9 cm³/mol. The molecule has 0 aromatic carbocycles. The minimum Gasteiger partial charge on any atom is -0.368 e. The first-order valence-corrected chi connectivity index (χ1v) is 8.28. The average molecular weight is 315 g/mol. The SMILES string of the molecule is CCOC(CC)(CC)C(=O)Cc1c(Cl)c(CC)nn1CC. The van der Waals surface area contributed by atoms with E-state index in [9.17, 15) is 4.79 Å². The maximum Gasteiger partial charge on any atom is 0.170 e. The summed E-state index contributed by atoms with van der Waals surface area (Å²) in [6.45, 7) is 11.2. The van der Waals surface area contributed by atoms with E-state index in [1.54, 1.807) is 0 Å². The van der Waals surface area contributed by atoms with Gasteiger partial charge >= 0.3 is 0 Å². The molecule has 4 nitrogen and oxygen atoms in total. The van der Waals surface area contributed by atoms with Crippen LogP contribution in [0.15, 0.2) is 0 Å². The van der Waals surface area contributed by atoms with E-state index in [4.69, 9.17) is 16.3 Å². The van der Waals surface area contributed by atoms with Crippen LogP contribution in [0.5, 0.6) is 0 Å². The summed E-state index contributed by atoms with van der Waals surface area (Å²) >= 11 is 6.39. The molecule has 1 aromatic heterocycles. The van der Waals surface area contributed by atoms with Crippen LogP contribution in [0.2, 0.25) is 5.02 Å². The molecule has 0 bridgehead atoms. The Labute approximate surface area is 132 Å². The van der Waals surface area contributed by atoms with Crippen LogP contribution in [-0.2, 0) is 28.9 Å². The van der Waals surface area contributed by atoms with Gasteiger partial charge in [-0.25, -0.2) is 0 Å². The van der Waals surface area contributed by atoms with Crippen molar-refractivity contribution >= 4 is 17.4 Å². The van der Waals surface area contributed by atoms with Gasteiger partial charge in [0.1, 0.15) is 5.60 Å². The van der Waals surface area contributed by atoms with E-state index in [1.165, 1.54) is 0 Å². The molecule has 0 unspecified atom stereocenters. The Morgan fingerprint density at radius 2 is 1.86 bits per heavy atom. The second kappa shape index (κ2) is 7.95. The summed E-state index contributed by atoms with van der Waals surface area (Å²) in [6.07, 6.45) is 2.40. The first-order valence-electron chi connectivity index (χ1n) is 7.90. The first kappa shape index (κ1) is 18.2. The van der Waals surface area contributed by atoms with Gasteiger partial charge < -0.3 is 4.74 Å². The highest BCUT2D eigenvalue weighted by Gasteiger charge is 2.36. The Bertz CT molecular complexity index is 479. The summed E-state index contributed by atoms with van der Waals surface area (Å²) in [7, 11) is 0. The molecule has 1 rings (SSSR count). The number of hydrogen-bond donors (Lipinski definition) is 0. The van der Waals surface area contributed by atoms with Crippen molar-refractivity contribution in [2.24, 2.45) is 0 Å². The third-order valence-electron chi connectivity index (χ3n) is 4.09. The van der Waals surface area contributed by atoms with Gasteiger partial charge in [0.25, 0.3) is 0 Å².